The summed E-state index contributed by atoms with van der Waals surface area (Å²) in [5, 5.41) is 14.4. The van der Waals surface area contributed by atoms with Crippen molar-refractivity contribution in [1.82, 2.24) is 10.2 Å². The summed E-state index contributed by atoms with van der Waals surface area (Å²) in [6.07, 6.45) is 4.90. The van der Waals surface area contributed by atoms with Gasteiger partial charge in [-0.25, -0.2) is 0 Å². The highest BCUT2D eigenvalue weighted by Gasteiger charge is 2.17. The molecule has 116 valence electrons. The summed E-state index contributed by atoms with van der Waals surface area (Å²) in [5.74, 6) is 0. The Morgan fingerprint density at radius 3 is 2.95 bits per heavy atom. The van der Waals surface area contributed by atoms with Crippen LogP contribution in [0.5, 0.6) is 0 Å². The van der Waals surface area contributed by atoms with Crippen molar-refractivity contribution in [2.24, 2.45) is 0 Å². The minimum absolute atomic E-state index is 0.180. The van der Waals surface area contributed by atoms with Crippen LogP contribution in [0.25, 0.3) is 0 Å². The molecule has 0 saturated carbocycles. The van der Waals surface area contributed by atoms with Crippen LogP contribution in [0.2, 0.25) is 0 Å². The van der Waals surface area contributed by atoms with Crippen molar-refractivity contribution in [3.05, 3.63) is 39.9 Å². The van der Waals surface area contributed by atoms with Gasteiger partial charge in [0, 0.05) is 31.3 Å². The molecular formula is C16H25N3O2. The number of non-ortho nitro benzene ring substituents is 1. The number of nitro groups is 1. The van der Waals surface area contributed by atoms with E-state index in [9.17, 15) is 10.1 Å². The van der Waals surface area contributed by atoms with E-state index in [0.29, 0.717) is 6.04 Å². The molecule has 1 N–H and O–H groups in total. The number of nitrogens with one attached hydrogen (secondary N) is 1. The molecule has 1 aliphatic rings. The van der Waals surface area contributed by atoms with Crippen molar-refractivity contribution < 1.29 is 4.92 Å². The van der Waals surface area contributed by atoms with Gasteiger partial charge in [0.05, 0.1) is 4.92 Å². The number of benzene rings is 1. The van der Waals surface area contributed by atoms with Gasteiger partial charge in [0.15, 0.2) is 0 Å². The van der Waals surface area contributed by atoms with Gasteiger partial charge in [0.2, 0.25) is 0 Å². The lowest BCUT2D eigenvalue weighted by molar-refractivity contribution is -0.384. The fraction of sp³-hybridized carbons (Fsp3) is 0.625. The van der Waals surface area contributed by atoms with Crippen molar-refractivity contribution >= 4 is 5.69 Å². The first kappa shape index (κ1) is 15.9. The first-order valence-corrected chi connectivity index (χ1v) is 7.88. The maximum atomic E-state index is 10.9. The number of piperidine rings is 1. The van der Waals surface area contributed by atoms with Crippen molar-refractivity contribution in [3.63, 3.8) is 0 Å². The van der Waals surface area contributed by atoms with Crippen LogP contribution in [0, 0.1) is 10.1 Å². The summed E-state index contributed by atoms with van der Waals surface area (Å²) in [7, 11) is 0. The Kier molecular flexibility index (Phi) is 6.14. The largest absolute Gasteiger partial charge is 0.313 e. The van der Waals surface area contributed by atoms with Crippen molar-refractivity contribution in [2.45, 2.75) is 45.2 Å². The molecule has 1 unspecified atom stereocenters. The fourth-order valence-corrected chi connectivity index (χ4v) is 2.97. The minimum Gasteiger partial charge on any atom is -0.313 e. The molecule has 0 aromatic heterocycles. The Morgan fingerprint density at radius 2 is 2.29 bits per heavy atom. The van der Waals surface area contributed by atoms with Crippen molar-refractivity contribution in [2.75, 3.05) is 19.6 Å². The second-order valence-corrected chi connectivity index (χ2v) is 5.81. The van der Waals surface area contributed by atoms with Gasteiger partial charge in [0.1, 0.15) is 0 Å². The van der Waals surface area contributed by atoms with Gasteiger partial charge in [-0.3, -0.25) is 15.0 Å². The van der Waals surface area contributed by atoms with Gasteiger partial charge in [-0.15, -0.1) is 0 Å². The molecule has 0 spiro atoms. The molecule has 0 bridgehead atoms. The van der Waals surface area contributed by atoms with E-state index >= 15 is 0 Å². The molecule has 1 aliphatic heterocycles. The highest BCUT2D eigenvalue weighted by molar-refractivity contribution is 5.34. The highest BCUT2D eigenvalue weighted by atomic mass is 16.6. The molecule has 1 saturated heterocycles. The minimum atomic E-state index is -0.323. The summed E-state index contributed by atoms with van der Waals surface area (Å²) in [4.78, 5) is 12.9. The number of rotatable bonds is 7. The topological polar surface area (TPSA) is 58.4 Å². The van der Waals surface area contributed by atoms with E-state index in [1.54, 1.807) is 18.2 Å². The van der Waals surface area contributed by atoms with Crippen LogP contribution in [0.4, 0.5) is 5.69 Å². The predicted molar refractivity (Wildman–Crippen MR) is 84.3 cm³/mol. The lowest BCUT2D eigenvalue weighted by Gasteiger charge is -2.30. The summed E-state index contributed by atoms with van der Waals surface area (Å²) in [6.45, 7) is 6.13. The fourth-order valence-electron chi connectivity index (χ4n) is 2.97. The van der Waals surface area contributed by atoms with Gasteiger partial charge in [-0.2, -0.15) is 0 Å². The third-order valence-corrected chi connectivity index (χ3v) is 3.96. The van der Waals surface area contributed by atoms with Crippen LogP contribution < -0.4 is 5.32 Å². The molecule has 2 rings (SSSR count). The van der Waals surface area contributed by atoms with Gasteiger partial charge < -0.3 is 5.32 Å². The Hall–Kier alpha value is -1.46. The van der Waals surface area contributed by atoms with Crippen LogP contribution in [0.15, 0.2) is 24.3 Å². The molecule has 5 heteroatoms. The second kappa shape index (κ2) is 8.10. The van der Waals surface area contributed by atoms with Crippen molar-refractivity contribution in [3.8, 4) is 0 Å². The second-order valence-electron chi connectivity index (χ2n) is 5.81. The molecule has 0 amide bonds. The van der Waals surface area contributed by atoms with Gasteiger partial charge in [-0.05, 0) is 37.9 Å². The predicted octanol–water partition coefficient (Wildman–Crippen LogP) is 2.95. The molecule has 1 fully saturated rings. The Bertz CT molecular complexity index is 459. The van der Waals surface area contributed by atoms with E-state index in [1.165, 1.54) is 19.3 Å². The molecule has 1 heterocycles. The average Bonchev–Trinajstić information content (AvgIpc) is 2.49. The highest BCUT2D eigenvalue weighted by Crippen LogP contribution is 2.16. The molecule has 1 aromatic rings. The van der Waals surface area contributed by atoms with Gasteiger partial charge in [0.25, 0.3) is 5.69 Å². The van der Waals surface area contributed by atoms with Crippen LogP contribution in [0.3, 0.4) is 0 Å². The Balaban J connectivity index is 1.97. The third-order valence-electron chi connectivity index (χ3n) is 3.96. The van der Waals surface area contributed by atoms with Gasteiger partial charge in [-0.1, -0.05) is 25.5 Å². The smallest absolute Gasteiger partial charge is 0.269 e. The number of nitro benzene ring substituents is 1. The van der Waals surface area contributed by atoms with E-state index in [2.05, 4.69) is 17.1 Å². The number of hydrogen-bond donors (Lipinski definition) is 1. The standard InChI is InChI=1S/C16H25N3O2/c1-2-10-18(13-15-7-3-4-9-17-15)12-14-6-5-8-16(11-14)19(20)21/h5-6,8,11,15,17H,2-4,7,9-10,12-13H2,1H3. The molecule has 0 aliphatic carbocycles. The zero-order chi connectivity index (χ0) is 15.1. The Morgan fingerprint density at radius 1 is 1.43 bits per heavy atom. The summed E-state index contributed by atoms with van der Waals surface area (Å²) < 4.78 is 0. The lowest BCUT2D eigenvalue weighted by Crippen LogP contribution is -2.43. The molecule has 1 aromatic carbocycles. The monoisotopic (exact) mass is 291 g/mol. The number of nitrogens with zero attached hydrogens (tertiary/aromatic N) is 2. The summed E-state index contributed by atoms with van der Waals surface area (Å²) >= 11 is 0. The van der Waals surface area contributed by atoms with Crippen LogP contribution in [0.1, 0.15) is 38.2 Å². The van der Waals surface area contributed by atoms with Crippen molar-refractivity contribution in [1.29, 1.82) is 0 Å². The molecule has 21 heavy (non-hydrogen) atoms. The van der Waals surface area contributed by atoms with E-state index in [-0.39, 0.29) is 10.6 Å². The third kappa shape index (κ3) is 5.10. The first-order chi connectivity index (χ1) is 10.2. The SMILES string of the molecule is CCCN(Cc1cccc([N+](=O)[O-])c1)CC1CCCCN1. The molecule has 0 radical (unpaired) electrons. The van der Waals surface area contributed by atoms with E-state index < -0.39 is 0 Å². The maximum Gasteiger partial charge on any atom is 0.269 e. The van der Waals surface area contributed by atoms with Crippen LogP contribution in [-0.4, -0.2) is 35.5 Å². The number of hydrogen-bond acceptors (Lipinski definition) is 4. The summed E-state index contributed by atoms with van der Waals surface area (Å²) in [5.41, 5.74) is 1.20. The molecular weight excluding hydrogens is 266 g/mol. The molecule has 1 atom stereocenters. The van der Waals surface area contributed by atoms with E-state index in [4.69, 9.17) is 0 Å². The molecule has 5 nitrogen and oxygen atoms in total. The normalized spacial score (nSPS) is 18.9. The van der Waals surface area contributed by atoms with Gasteiger partial charge >= 0.3 is 0 Å². The Labute approximate surface area is 126 Å². The van der Waals surface area contributed by atoms with E-state index in [0.717, 1.165) is 38.2 Å². The first-order valence-electron chi connectivity index (χ1n) is 7.88. The maximum absolute atomic E-state index is 10.9. The zero-order valence-corrected chi connectivity index (χ0v) is 12.8. The van der Waals surface area contributed by atoms with Crippen LogP contribution in [-0.2, 0) is 6.54 Å². The quantitative estimate of drug-likeness (QED) is 0.620. The van der Waals surface area contributed by atoms with Crippen LogP contribution >= 0.6 is 0 Å². The average molecular weight is 291 g/mol. The zero-order valence-electron chi connectivity index (χ0n) is 12.8. The summed E-state index contributed by atoms with van der Waals surface area (Å²) in [6, 6.07) is 7.55. The lowest BCUT2D eigenvalue weighted by atomic mass is 10.0. The van der Waals surface area contributed by atoms with E-state index in [1.807, 2.05) is 6.07 Å².